The van der Waals surface area contributed by atoms with Crippen molar-refractivity contribution in [3.63, 3.8) is 0 Å². The highest BCUT2D eigenvalue weighted by molar-refractivity contribution is 5.97. The van der Waals surface area contributed by atoms with Crippen LogP contribution in [0.15, 0.2) is 30.0 Å². The molecule has 1 aliphatic carbocycles. The number of hydrogen-bond acceptors (Lipinski definition) is 4. The van der Waals surface area contributed by atoms with Crippen LogP contribution < -0.4 is 10.2 Å². The zero-order valence-electron chi connectivity index (χ0n) is 16.5. The second-order valence-corrected chi connectivity index (χ2v) is 7.71. The summed E-state index contributed by atoms with van der Waals surface area (Å²) in [7, 11) is 0. The molecule has 0 spiro atoms. The monoisotopic (exact) mass is 366 g/mol. The molecule has 3 rings (SSSR count). The Hall–Kier alpha value is -2.48. The summed E-state index contributed by atoms with van der Waals surface area (Å²) in [5.41, 5.74) is 4.14. The Balaban J connectivity index is 1.58. The molecule has 0 aromatic heterocycles. The summed E-state index contributed by atoms with van der Waals surface area (Å²) in [5, 5.41) is 12.5. The average molecular weight is 367 g/mol. The topological polar surface area (TPSA) is 59.4 Å². The van der Waals surface area contributed by atoms with E-state index in [1.165, 1.54) is 23.2 Å². The minimum atomic E-state index is -0.221. The molecule has 1 N–H and O–H groups in total. The largest absolute Gasteiger partial charge is 0.373 e. The summed E-state index contributed by atoms with van der Waals surface area (Å²) in [6.07, 6.45) is 7.38. The normalized spacial score (nSPS) is 18.9. The van der Waals surface area contributed by atoms with E-state index in [4.69, 9.17) is 0 Å². The Labute approximate surface area is 162 Å². The molecule has 27 heavy (non-hydrogen) atoms. The second kappa shape index (κ2) is 8.94. The van der Waals surface area contributed by atoms with E-state index in [9.17, 15) is 10.1 Å². The van der Waals surface area contributed by atoms with Gasteiger partial charge in [0.25, 0.3) is 5.91 Å². The molecule has 0 radical (unpaired) electrons. The highest BCUT2D eigenvalue weighted by Gasteiger charge is 2.21. The van der Waals surface area contributed by atoms with E-state index < -0.39 is 0 Å². The second-order valence-electron chi connectivity index (χ2n) is 7.71. The molecule has 1 heterocycles. The van der Waals surface area contributed by atoms with E-state index in [-0.39, 0.29) is 17.5 Å². The van der Waals surface area contributed by atoms with E-state index >= 15 is 0 Å². The fraction of sp³-hybridized carbons (Fsp3) is 0.545. The van der Waals surface area contributed by atoms with E-state index in [0.29, 0.717) is 0 Å². The number of nitrogens with zero attached hydrogens (tertiary/aromatic N) is 3. The maximum atomic E-state index is 12.4. The first kappa shape index (κ1) is 19.3. The molecule has 0 unspecified atom stereocenters. The van der Waals surface area contributed by atoms with Crippen LogP contribution >= 0.6 is 0 Å². The van der Waals surface area contributed by atoms with Crippen LogP contribution in [0, 0.1) is 25.2 Å². The standard InChI is InChI=1S/C22H30N4O/c1-17-7-6-10-21(18(17)2)26-13-11-25(12-14-26)16-19(15-23)22(27)24-20-8-4-3-5-9-20/h6-7,10,16,20H,3-5,8-9,11-14H2,1-2H3,(H,24,27)/b19-16-. The van der Waals surface area contributed by atoms with Crippen LogP contribution in [-0.4, -0.2) is 43.0 Å². The van der Waals surface area contributed by atoms with Crippen molar-refractivity contribution in [1.82, 2.24) is 10.2 Å². The Morgan fingerprint density at radius 2 is 1.85 bits per heavy atom. The van der Waals surface area contributed by atoms with Crippen molar-refractivity contribution >= 4 is 11.6 Å². The summed E-state index contributed by atoms with van der Waals surface area (Å²) >= 11 is 0. The Morgan fingerprint density at radius 3 is 2.52 bits per heavy atom. The fourth-order valence-corrected chi connectivity index (χ4v) is 4.00. The van der Waals surface area contributed by atoms with Crippen LogP contribution in [0.25, 0.3) is 0 Å². The Kier molecular flexibility index (Phi) is 6.39. The van der Waals surface area contributed by atoms with E-state index in [2.05, 4.69) is 53.2 Å². The smallest absolute Gasteiger partial charge is 0.263 e. The summed E-state index contributed by atoms with van der Waals surface area (Å²) < 4.78 is 0. The number of nitriles is 1. The van der Waals surface area contributed by atoms with Gasteiger partial charge in [0.1, 0.15) is 11.6 Å². The number of hydrogen-bond donors (Lipinski definition) is 1. The molecule has 1 aliphatic heterocycles. The maximum Gasteiger partial charge on any atom is 0.263 e. The first-order valence-corrected chi connectivity index (χ1v) is 10.1. The number of benzene rings is 1. The van der Waals surface area contributed by atoms with Crippen molar-refractivity contribution in [2.24, 2.45) is 0 Å². The number of carbonyl (C=O) groups is 1. The molecule has 1 saturated carbocycles. The zero-order chi connectivity index (χ0) is 19.2. The molecule has 2 fully saturated rings. The van der Waals surface area contributed by atoms with Crippen molar-refractivity contribution in [1.29, 1.82) is 5.26 Å². The first-order chi connectivity index (χ1) is 13.1. The summed E-state index contributed by atoms with van der Waals surface area (Å²) in [5.74, 6) is -0.221. The fourth-order valence-electron chi connectivity index (χ4n) is 4.00. The lowest BCUT2D eigenvalue weighted by molar-refractivity contribution is -0.118. The minimum absolute atomic E-state index is 0.221. The molecule has 1 saturated heterocycles. The lowest BCUT2D eigenvalue weighted by Gasteiger charge is -2.36. The molecule has 2 aliphatic rings. The van der Waals surface area contributed by atoms with Crippen molar-refractivity contribution < 1.29 is 4.79 Å². The predicted octanol–water partition coefficient (Wildman–Crippen LogP) is 3.28. The van der Waals surface area contributed by atoms with E-state index in [1.807, 2.05) is 0 Å². The first-order valence-electron chi connectivity index (χ1n) is 10.1. The quantitative estimate of drug-likeness (QED) is 0.656. The molecule has 1 amide bonds. The van der Waals surface area contributed by atoms with Gasteiger partial charge in [-0.3, -0.25) is 4.79 Å². The van der Waals surface area contributed by atoms with Gasteiger partial charge < -0.3 is 15.1 Å². The average Bonchev–Trinajstić information content (AvgIpc) is 2.69. The maximum absolute atomic E-state index is 12.4. The van der Waals surface area contributed by atoms with Crippen molar-refractivity contribution in [2.45, 2.75) is 52.0 Å². The molecule has 5 nitrogen and oxygen atoms in total. The Morgan fingerprint density at radius 1 is 1.15 bits per heavy atom. The third-order valence-electron chi connectivity index (χ3n) is 5.85. The number of rotatable bonds is 4. The van der Waals surface area contributed by atoms with Crippen LogP contribution in [0.1, 0.15) is 43.2 Å². The molecular formula is C22H30N4O. The van der Waals surface area contributed by atoms with Gasteiger partial charge in [-0.25, -0.2) is 0 Å². The number of piperazine rings is 1. The van der Waals surface area contributed by atoms with Gasteiger partial charge in [0, 0.05) is 44.1 Å². The predicted molar refractivity (Wildman–Crippen MR) is 108 cm³/mol. The van der Waals surface area contributed by atoms with Gasteiger partial charge in [0.15, 0.2) is 0 Å². The molecule has 144 valence electrons. The number of aryl methyl sites for hydroxylation is 1. The molecule has 0 bridgehead atoms. The van der Waals surface area contributed by atoms with Gasteiger partial charge >= 0.3 is 0 Å². The van der Waals surface area contributed by atoms with Crippen molar-refractivity contribution in [3.8, 4) is 6.07 Å². The number of nitrogens with one attached hydrogen (secondary N) is 1. The SMILES string of the molecule is Cc1cccc(N2CCN(/C=C(/C#N)C(=O)NC3CCCCC3)CC2)c1C. The van der Waals surface area contributed by atoms with Crippen LogP contribution in [0.4, 0.5) is 5.69 Å². The summed E-state index contributed by atoms with van der Waals surface area (Å²) in [6.45, 7) is 7.72. The van der Waals surface area contributed by atoms with Gasteiger partial charge in [-0.1, -0.05) is 31.4 Å². The van der Waals surface area contributed by atoms with Crippen LogP contribution in [-0.2, 0) is 4.79 Å². The highest BCUT2D eigenvalue weighted by Crippen LogP contribution is 2.24. The molecule has 1 aromatic rings. The van der Waals surface area contributed by atoms with Gasteiger partial charge in [0.2, 0.25) is 0 Å². The lowest BCUT2D eigenvalue weighted by atomic mass is 9.95. The van der Waals surface area contributed by atoms with E-state index in [0.717, 1.165) is 51.9 Å². The summed E-state index contributed by atoms with van der Waals surface area (Å²) in [4.78, 5) is 16.9. The van der Waals surface area contributed by atoms with Gasteiger partial charge in [-0.2, -0.15) is 5.26 Å². The van der Waals surface area contributed by atoms with Crippen LogP contribution in [0.3, 0.4) is 0 Å². The highest BCUT2D eigenvalue weighted by atomic mass is 16.1. The van der Waals surface area contributed by atoms with E-state index in [1.54, 1.807) is 6.20 Å². The molecular weight excluding hydrogens is 336 g/mol. The molecule has 0 atom stereocenters. The number of anilines is 1. The van der Waals surface area contributed by atoms with Gasteiger partial charge in [0.05, 0.1) is 0 Å². The van der Waals surface area contributed by atoms with Crippen molar-refractivity contribution in [2.75, 3.05) is 31.1 Å². The Bertz CT molecular complexity index is 735. The van der Waals surface area contributed by atoms with Crippen LogP contribution in [0.5, 0.6) is 0 Å². The number of carbonyl (C=O) groups excluding carboxylic acids is 1. The van der Waals surface area contributed by atoms with Gasteiger partial charge in [-0.05, 0) is 43.9 Å². The minimum Gasteiger partial charge on any atom is -0.373 e. The zero-order valence-corrected chi connectivity index (χ0v) is 16.5. The third-order valence-corrected chi connectivity index (χ3v) is 5.85. The van der Waals surface area contributed by atoms with Crippen LogP contribution in [0.2, 0.25) is 0 Å². The molecule has 5 heteroatoms. The lowest BCUT2D eigenvalue weighted by Crippen LogP contribution is -2.45. The van der Waals surface area contributed by atoms with Gasteiger partial charge in [-0.15, -0.1) is 0 Å². The number of amides is 1. The molecule has 1 aromatic carbocycles. The summed E-state index contributed by atoms with van der Waals surface area (Å²) in [6, 6.07) is 8.74. The third kappa shape index (κ3) is 4.82. The van der Waals surface area contributed by atoms with Crippen molar-refractivity contribution in [3.05, 3.63) is 41.1 Å².